The number of aromatic nitrogens is 4. The number of carbonyl (C=O) groups is 1. The van der Waals surface area contributed by atoms with Crippen molar-refractivity contribution in [1.29, 1.82) is 0 Å². The molecule has 26 heavy (non-hydrogen) atoms. The molecule has 9 nitrogen and oxygen atoms in total. The number of hydrogen-bond acceptors (Lipinski definition) is 6. The van der Waals surface area contributed by atoms with E-state index in [4.69, 9.17) is 0 Å². The van der Waals surface area contributed by atoms with Crippen molar-refractivity contribution >= 4 is 5.91 Å². The van der Waals surface area contributed by atoms with Crippen LogP contribution in [0.25, 0.3) is 0 Å². The monoisotopic (exact) mass is 360 g/mol. The lowest BCUT2D eigenvalue weighted by molar-refractivity contribution is -0.132. The summed E-state index contributed by atoms with van der Waals surface area (Å²) in [5, 5.41) is 21.0. The minimum Gasteiger partial charge on any atom is -0.385 e. The van der Waals surface area contributed by atoms with Crippen LogP contribution >= 0.6 is 0 Å². The SMILES string of the molecule is CN(C)C[C@@H](O)c1cc2n(n1)CCN(C(=O)CCc1ccc(=O)[nH]n1)C2. The lowest BCUT2D eigenvalue weighted by Gasteiger charge is -2.27. The van der Waals surface area contributed by atoms with E-state index in [0.717, 1.165) is 5.69 Å². The number of fused-ring (bicyclic) bond motifs is 1. The minimum absolute atomic E-state index is 0.0424. The highest BCUT2D eigenvalue weighted by Gasteiger charge is 2.24. The number of aliphatic hydroxyl groups excluding tert-OH is 1. The molecule has 140 valence electrons. The molecule has 0 spiro atoms. The number of hydrogen-bond donors (Lipinski definition) is 2. The minimum atomic E-state index is -0.640. The van der Waals surface area contributed by atoms with E-state index in [2.05, 4.69) is 15.3 Å². The molecule has 1 atom stereocenters. The number of nitrogens with zero attached hydrogens (tertiary/aromatic N) is 5. The van der Waals surface area contributed by atoms with Gasteiger partial charge in [0, 0.05) is 32.0 Å². The van der Waals surface area contributed by atoms with E-state index in [1.165, 1.54) is 6.07 Å². The van der Waals surface area contributed by atoms with E-state index in [1.807, 2.05) is 29.7 Å². The normalized spacial score (nSPS) is 15.2. The van der Waals surface area contributed by atoms with Crippen molar-refractivity contribution < 1.29 is 9.90 Å². The van der Waals surface area contributed by atoms with Gasteiger partial charge in [-0.1, -0.05) is 0 Å². The fourth-order valence-electron chi connectivity index (χ4n) is 3.01. The van der Waals surface area contributed by atoms with Gasteiger partial charge in [-0.3, -0.25) is 14.3 Å². The molecule has 1 amide bonds. The summed E-state index contributed by atoms with van der Waals surface area (Å²) in [6.45, 7) is 2.20. The summed E-state index contributed by atoms with van der Waals surface area (Å²) in [6, 6.07) is 4.92. The van der Waals surface area contributed by atoms with Crippen molar-refractivity contribution in [2.45, 2.75) is 32.0 Å². The number of amides is 1. The molecule has 3 rings (SSSR count). The van der Waals surface area contributed by atoms with Crippen LogP contribution in [-0.4, -0.2) is 68.0 Å². The van der Waals surface area contributed by atoms with Crippen molar-refractivity contribution in [3.05, 3.63) is 45.6 Å². The average Bonchev–Trinajstić information content (AvgIpc) is 3.04. The Morgan fingerprint density at radius 1 is 1.38 bits per heavy atom. The van der Waals surface area contributed by atoms with Crippen LogP contribution in [0.15, 0.2) is 23.0 Å². The summed E-state index contributed by atoms with van der Waals surface area (Å²) in [5.41, 5.74) is 2.01. The third-order valence-electron chi connectivity index (χ3n) is 4.38. The fraction of sp³-hybridized carbons (Fsp3) is 0.529. The average molecular weight is 360 g/mol. The van der Waals surface area contributed by atoms with Gasteiger partial charge < -0.3 is 14.9 Å². The quantitative estimate of drug-likeness (QED) is 0.722. The molecule has 1 aliphatic rings. The van der Waals surface area contributed by atoms with Gasteiger partial charge in [0.1, 0.15) is 6.10 Å². The van der Waals surface area contributed by atoms with Crippen LogP contribution in [-0.2, 0) is 24.3 Å². The predicted molar refractivity (Wildman–Crippen MR) is 94.3 cm³/mol. The molecule has 2 aromatic rings. The first-order valence-electron chi connectivity index (χ1n) is 8.64. The molecule has 2 aromatic heterocycles. The molecule has 0 saturated carbocycles. The van der Waals surface area contributed by atoms with Crippen LogP contribution in [0, 0.1) is 0 Å². The number of aryl methyl sites for hydroxylation is 1. The third kappa shape index (κ3) is 4.36. The Labute approximate surface area is 151 Å². The van der Waals surface area contributed by atoms with E-state index >= 15 is 0 Å². The Balaban J connectivity index is 1.58. The van der Waals surface area contributed by atoms with Gasteiger partial charge in [0.15, 0.2) is 0 Å². The smallest absolute Gasteiger partial charge is 0.264 e. The summed E-state index contributed by atoms with van der Waals surface area (Å²) >= 11 is 0. The van der Waals surface area contributed by atoms with Crippen molar-refractivity contribution in [2.75, 3.05) is 27.2 Å². The molecule has 0 aromatic carbocycles. The fourth-order valence-corrected chi connectivity index (χ4v) is 3.01. The zero-order chi connectivity index (χ0) is 18.7. The molecule has 0 saturated heterocycles. The Morgan fingerprint density at radius 3 is 2.88 bits per heavy atom. The highest BCUT2D eigenvalue weighted by atomic mass is 16.3. The van der Waals surface area contributed by atoms with Gasteiger partial charge in [0.25, 0.3) is 5.56 Å². The van der Waals surface area contributed by atoms with E-state index in [-0.39, 0.29) is 11.5 Å². The first kappa shape index (κ1) is 18.3. The summed E-state index contributed by atoms with van der Waals surface area (Å²) in [5.74, 6) is 0.0424. The topological polar surface area (TPSA) is 107 Å². The van der Waals surface area contributed by atoms with Crippen molar-refractivity contribution in [1.82, 2.24) is 29.8 Å². The maximum atomic E-state index is 12.5. The maximum absolute atomic E-state index is 12.5. The van der Waals surface area contributed by atoms with E-state index in [0.29, 0.717) is 50.4 Å². The number of rotatable bonds is 6. The molecule has 0 unspecified atom stereocenters. The van der Waals surface area contributed by atoms with Crippen LogP contribution in [0.4, 0.5) is 0 Å². The third-order valence-corrected chi connectivity index (χ3v) is 4.38. The molecular weight excluding hydrogens is 336 g/mol. The predicted octanol–water partition coefficient (Wildman–Crippen LogP) is -0.464. The molecule has 0 radical (unpaired) electrons. The number of H-pyrrole nitrogens is 1. The largest absolute Gasteiger partial charge is 0.385 e. The standard InChI is InChI=1S/C17H24N6O3/c1-21(2)11-15(24)14-9-13-10-22(7-8-23(13)20-14)17(26)6-4-12-3-5-16(25)19-18-12/h3,5,9,15,24H,4,6-8,10-11H2,1-2H3,(H,19,25)/t15-/m1/s1. The molecule has 2 N–H and O–H groups in total. The van der Waals surface area contributed by atoms with Crippen LogP contribution < -0.4 is 5.56 Å². The number of likely N-dealkylation sites (N-methyl/N-ethyl adjacent to an activating group) is 1. The molecular formula is C17H24N6O3. The van der Waals surface area contributed by atoms with Gasteiger partial charge >= 0.3 is 0 Å². The summed E-state index contributed by atoms with van der Waals surface area (Å²) in [6.07, 6.45) is 0.181. The van der Waals surface area contributed by atoms with Crippen LogP contribution in [0.2, 0.25) is 0 Å². The summed E-state index contributed by atoms with van der Waals surface area (Å²) < 4.78 is 1.86. The maximum Gasteiger partial charge on any atom is 0.264 e. The Hall–Kier alpha value is -2.52. The lowest BCUT2D eigenvalue weighted by Crippen LogP contribution is -2.38. The van der Waals surface area contributed by atoms with Crippen molar-refractivity contribution in [3.63, 3.8) is 0 Å². The highest BCUT2D eigenvalue weighted by Crippen LogP contribution is 2.19. The number of aliphatic hydroxyl groups is 1. The first-order chi connectivity index (χ1) is 12.4. The van der Waals surface area contributed by atoms with Crippen molar-refractivity contribution in [3.8, 4) is 0 Å². The zero-order valence-electron chi connectivity index (χ0n) is 15.1. The second-order valence-electron chi connectivity index (χ2n) is 6.79. The van der Waals surface area contributed by atoms with Gasteiger partial charge in [-0.2, -0.15) is 10.2 Å². The summed E-state index contributed by atoms with van der Waals surface area (Å²) in [7, 11) is 3.80. The number of nitrogens with one attached hydrogen (secondary N) is 1. The van der Waals surface area contributed by atoms with E-state index in [1.54, 1.807) is 11.0 Å². The van der Waals surface area contributed by atoms with Gasteiger partial charge in [-0.25, -0.2) is 5.10 Å². The van der Waals surface area contributed by atoms with Crippen LogP contribution in [0.3, 0.4) is 0 Å². The van der Waals surface area contributed by atoms with Gasteiger partial charge in [-0.15, -0.1) is 0 Å². The second kappa shape index (κ2) is 7.79. The molecule has 1 aliphatic heterocycles. The number of aromatic amines is 1. The molecule has 9 heteroatoms. The zero-order valence-corrected chi connectivity index (χ0v) is 15.1. The molecule has 0 aliphatic carbocycles. The Bertz CT molecular complexity index is 808. The Kier molecular flexibility index (Phi) is 5.48. The van der Waals surface area contributed by atoms with E-state index < -0.39 is 6.10 Å². The van der Waals surface area contributed by atoms with Crippen LogP contribution in [0.5, 0.6) is 0 Å². The van der Waals surface area contributed by atoms with Crippen LogP contribution in [0.1, 0.15) is 29.6 Å². The van der Waals surface area contributed by atoms with Gasteiger partial charge in [-0.05, 0) is 26.2 Å². The number of carbonyl (C=O) groups excluding carboxylic acids is 1. The summed E-state index contributed by atoms with van der Waals surface area (Å²) in [4.78, 5) is 27.2. The van der Waals surface area contributed by atoms with Gasteiger partial charge in [0.05, 0.1) is 30.2 Å². The second-order valence-corrected chi connectivity index (χ2v) is 6.79. The Morgan fingerprint density at radius 2 is 2.19 bits per heavy atom. The van der Waals surface area contributed by atoms with Gasteiger partial charge in [0.2, 0.25) is 5.91 Å². The first-order valence-corrected chi connectivity index (χ1v) is 8.64. The molecule has 0 fully saturated rings. The van der Waals surface area contributed by atoms with Crippen molar-refractivity contribution in [2.24, 2.45) is 0 Å². The highest BCUT2D eigenvalue weighted by molar-refractivity contribution is 5.76. The van der Waals surface area contributed by atoms with E-state index in [9.17, 15) is 14.7 Å². The molecule has 3 heterocycles. The molecule has 0 bridgehead atoms. The lowest BCUT2D eigenvalue weighted by atomic mass is 10.2.